The van der Waals surface area contributed by atoms with Gasteiger partial charge in [-0.2, -0.15) is 0 Å². The molecule has 1 heterocycles. The van der Waals surface area contributed by atoms with Crippen molar-refractivity contribution in [3.05, 3.63) is 107 Å². The van der Waals surface area contributed by atoms with E-state index in [0.717, 1.165) is 22.3 Å². The second kappa shape index (κ2) is 8.33. The molecular weight excluding hydrogens is 374 g/mol. The first-order valence-electron chi connectivity index (χ1n) is 9.94. The molecule has 0 unspecified atom stereocenters. The van der Waals surface area contributed by atoms with E-state index in [9.17, 15) is 9.59 Å². The molecule has 2 amide bonds. The Kier molecular flexibility index (Phi) is 5.44. The number of hydrogen-bond donors (Lipinski definition) is 2. The molecule has 1 aliphatic heterocycles. The SMILES string of the molecule is Cc1ccc(C(=O)N[C@@H]2C(=O)N/[N+](=C\c3ccccc3)[C@@H]2c2ccc(C)cc2)cc1. The highest BCUT2D eigenvalue weighted by molar-refractivity contribution is 5.98. The number of carbonyl (C=O) groups excluding carboxylic acids is 2. The van der Waals surface area contributed by atoms with Crippen LogP contribution in [-0.4, -0.2) is 28.8 Å². The minimum Gasteiger partial charge on any atom is -0.334 e. The number of hydrazone groups is 1. The maximum atomic E-state index is 12.9. The van der Waals surface area contributed by atoms with Gasteiger partial charge in [-0.3, -0.25) is 9.59 Å². The zero-order chi connectivity index (χ0) is 21.1. The van der Waals surface area contributed by atoms with Gasteiger partial charge in [0, 0.05) is 16.7 Å². The number of carbonyl (C=O) groups is 2. The molecule has 5 heteroatoms. The Labute approximate surface area is 176 Å². The zero-order valence-corrected chi connectivity index (χ0v) is 17.0. The summed E-state index contributed by atoms with van der Waals surface area (Å²) in [5.41, 5.74) is 7.55. The number of nitrogens with zero attached hydrogens (tertiary/aromatic N) is 1. The second-order valence-corrected chi connectivity index (χ2v) is 7.60. The Morgan fingerprint density at radius 2 is 1.50 bits per heavy atom. The largest absolute Gasteiger partial charge is 0.334 e. The summed E-state index contributed by atoms with van der Waals surface area (Å²) < 4.78 is 1.78. The molecule has 3 aromatic rings. The van der Waals surface area contributed by atoms with Crippen molar-refractivity contribution in [1.82, 2.24) is 10.7 Å². The fraction of sp³-hybridized carbons (Fsp3) is 0.160. The summed E-state index contributed by atoms with van der Waals surface area (Å²) in [4.78, 5) is 25.7. The first-order chi connectivity index (χ1) is 14.5. The maximum absolute atomic E-state index is 12.9. The van der Waals surface area contributed by atoms with Crippen LogP contribution in [0.2, 0.25) is 0 Å². The van der Waals surface area contributed by atoms with E-state index in [2.05, 4.69) is 10.7 Å². The van der Waals surface area contributed by atoms with Gasteiger partial charge in [-0.25, -0.2) is 0 Å². The summed E-state index contributed by atoms with van der Waals surface area (Å²) in [5, 5.41) is 2.93. The predicted molar refractivity (Wildman–Crippen MR) is 116 cm³/mol. The third kappa shape index (κ3) is 4.15. The third-order valence-electron chi connectivity index (χ3n) is 5.24. The molecule has 0 aromatic heterocycles. The lowest BCUT2D eigenvalue weighted by molar-refractivity contribution is -0.596. The van der Waals surface area contributed by atoms with Crippen LogP contribution in [0.5, 0.6) is 0 Å². The Morgan fingerprint density at radius 1 is 0.900 bits per heavy atom. The van der Waals surface area contributed by atoms with Gasteiger partial charge in [-0.1, -0.05) is 65.7 Å². The first kappa shape index (κ1) is 19.6. The van der Waals surface area contributed by atoms with Crippen molar-refractivity contribution >= 4 is 18.0 Å². The van der Waals surface area contributed by atoms with Crippen LogP contribution in [-0.2, 0) is 4.79 Å². The minimum absolute atomic E-state index is 0.242. The molecule has 0 bridgehead atoms. The lowest BCUT2D eigenvalue weighted by Gasteiger charge is -2.15. The molecular formula is C25H24N3O2+. The van der Waals surface area contributed by atoms with Gasteiger partial charge in [-0.05, 0) is 38.1 Å². The molecule has 1 saturated heterocycles. The van der Waals surface area contributed by atoms with Crippen molar-refractivity contribution in [2.45, 2.75) is 25.9 Å². The highest BCUT2D eigenvalue weighted by atomic mass is 16.2. The maximum Gasteiger partial charge on any atom is 0.304 e. The van der Waals surface area contributed by atoms with Crippen molar-refractivity contribution in [1.29, 1.82) is 0 Å². The summed E-state index contributed by atoms with van der Waals surface area (Å²) in [6.07, 6.45) is 1.89. The lowest BCUT2D eigenvalue weighted by Crippen LogP contribution is -2.42. The Hall–Kier alpha value is -3.73. The number of aryl methyl sites for hydroxylation is 2. The predicted octanol–water partition coefficient (Wildman–Crippen LogP) is 3.32. The van der Waals surface area contributed by atoms with Crippen LogP contribution in [0.4, 0.5) is 0 Å². The van der Waals surface area contributed by atoms with Crippen molar-refractivity contribution in [2.24, 2.45) is 0 Å². The molecule has 1 aliphatic rings. The number of hydrogen-bond acceptors (Lipinski definition) is 2. The van der Waals surface area contributed by atoms with Gasteiger partial charge in [-0.15, -0.1) is 10.1 Å². The van der Waals surface area contributed by atoms with E-state index in [0.29, 0.717) is 5.56 Å². The normalized spacial score (nSPS) is 19.5. The van der Waals surface area contributed by atoms with Gasteiger partial charge in [0.15, 0.2) is 6.04 Å². The van der Waals surface area contributed by atoms with E-state index in [1.807, 2.05) is 86.8 Å². The van der Waals surface area contributed by atoms with Crippen molar-refractivity contribution < 1.29 is 14.3 Å². The molecule has 0 aliphatic carbocycles. The highest BCUT2D eigenvalue weighted by Crippen LogP contribution is 2.26. The number of amides is 2. The van der Waals surface area contributed by atoms with Gasteiger partial charge in [0.1, 0.15) is 0 Å². The smallest absolute Gasteiger partial charge is 0.304 e. The molecule has 30 heavy (non-hydrogen) atoms. The second-order valence-electron chi connectivity index (χ2n) is 7.60. The highest BCUT2D eigenvalue weighted by Gasteiger charge is 2.47. The molecule has 4 rings (SSSR count). The number of benzene rings is 3. The van der Waals surface area contributed by atoms with Gasteiger partial charge in [0.25, 0.3) is 5.91 Å². The minimum atomic E-state index is -0.721. The van der Waals surface area contributed by atoms with E-state index < -0.39 is 6.04 Å². The van der Waals surface area contributed by atoms with Gasteiger partial charge < -0.3 is 5.32 Å². The average molecular weight is 398 g/mol. The van der Waals surface area contributed by atoms with Gasteiger partial charge >= 0.3 is 5.91 Å². The van der Waals surface area contributed by atoms with Crippen LogP contribution in [0, 0.1) is 13.8 Å². The fourth-order valence-corrected chi connectivity index (χ4v) is 3.57. The van der Waals surface area contributed by atoms with Crippen LogP contribution in [0.3, 0.4) is 0 Å². The first-order valence-corrected chi connectivity index (χ1v) is 9.94. The van der Waals surface area contributed by atoms with E-state index in [1.54, 1.807) is 16.8 Å². The quantitative estimate of drug-likeness (QED) is 0.663. The van der Waals surface area contributed by atoms with E-state index in [-0.39, 0.29) is 17.9 Å². The fourth-order valence-electron chi connectivity index (χ4n) is 3.57. The summed E-state index contributed by atoms with van der Waals surface area (Å²) in [7, 11) is 0. The molecule has 3 aromatic carbocycles. The van der Waals surface area contributed by atoms with Crippen molar-refractivity contribution in [2.75, 3.05) is 0 Å². The van der Waals surface area contributed by atoms with E-state index in [1.165, 1.54) is 0 Å². The lowest BCUT2D eigenvalue weighted by atomic mass is 9.98. The van der Waals surface area contributed by atoms with Crippen LogP contribution in [0.25, 0.3) is 0 Å². The molecule has 1 fully saturated rings. The van der Waals surface area contributed by atoms with Crippen molar-refractivity contribution in [3.63, 3.8) is 0 Å². The van der Waals surface area contributed by atoms with E-state index >= 15 is 0 Å². The number of hydrazine groups is 1. The molecule has 2 atom stereocenters. The van der Waals surface area contributed by atoms with E-state index in [4.69, 9.17) is 0 Å². The summed E-state index contributed by atoms with van der Waals surface area (Å²) in [6.45, 7) is 3.99. The Balaban J connectivity index is 1.69. The summed E-state index contributed by atoms with van der Waals surface area (Å²) in [5.74, 6) is -0.512. The Morgan fingerprint density at radius 3 is 2.13 bits per heavy atom. The number of rotatable bonds is 4. The van der Waals surface area contributed by atoms with Crippen LogP contribution >= 0.6 is 0 Å². The third-order valence-corrected chi connectivity index (χ3v) is 5.24. The topological polar surface area (TPSA) is 61.2 Å². The molecule has 5 nitrogen and oxygen atoms in total. The summed E-state index contributed by atoms with van der Waals surface area (Å²) in [6, 6.07) is 24.0. The molecule has 150 valence electrons. The van der Waals surface area contributed by atoms with Gasteiger partial charge in [0.2, 0.25) is 12.3 Å². The van der Waals surface area contributed by atoms with Crippen LogP contribution in [0.1, 0.15) is 38.7 Å². The number of nitrogens with one attached hydrogen (secondary N) is 2. The average Bonchev–Trinajstić information content (AvgIpc) is 3.04. The zero-order valence-electron chi connectivity index (χ0n) is 17.0. The van der Waals surface area contributed by atoms with Gasteiger partial charge in [0.05, 0.1) is 0 Å². The van der Waals surface area contributed by atoms with Crippen molar-refractivity contribution in [3.8, 4) is 0 Å². The molecule has 0 spiro atoms. The van der Waals surface area contributed by atoms with Crippen LogP contribution in [0.15, 0.2) is 78.9 Å². The summed E-state index contributed by atoms with van der Waals surface area (Å²) >= 11 is 0. The Bertz CT molecular complexity index is 1090. The molecule has 0 radical (unpaired) electrons. The standard InChI is InChI=1S/C25H23N3O2/c1-17-8-12-20(13-9-17)23-22(26-24(29)21-14-10-18(2)11-15-21)25(30)27-28(23)16-19-6-4-3-5-7-19/h3-16,22-23H,1-2H3,(H-,26,27,29,30)/p+1/b28-16-/t22-,23+/m0/s1. The molecule has 0 saturated carbocycles. The molecule has 2 N–H and O–H groups in total. The monoisotopic (exact) mass is 398 g/mol. The van der Waals surface area contributed by atoms with Crippen LogP contribution < -0.4 is 10.7 Å².